The number of likely N-dealkylation sites (tertiary alicyclic amines) is 1. The summed E-state index contributed by atoms with van der Waals surface area (Å²) in [6.07, 6.45) is 3.80. The fourth-order valence-electron chi connectivity index (χ4n) is 3.18. The SMILES string of the molecule is Br.CN1CCCC2CC1c1ccc(O)cc12. The molecule has 1 aromatic carbocycles. The largest absolute Gasteiger partial charge is 0.508 e. The molecule has 2 atom stereocenters. The highest BCUT2D eigenvalue weighted by atomic mass is 79.9. The number of fused-ring (bicyclic) bond motifs is 5. The van der Waals surface area contributed by atoms with E-state index in [-0.39, 0.29) is 17.0 Å². The lowest BCUT2D eigenvalue weighted by molar-refractivity contribution is 0.257. The number of halogens is 1. The van der Waals surface area contributed by atoms with Crippen molar-refractivity contribution in [3.05, 3.63) is 29.3 Å². The van der Waals surface area contributed by atoms with E-state index in [0.29, 0.717) is 17.7 Å². The highest BCUT2D eigenvalue weighted by Gasteiger charge is 2.35. The lowest BCUT2D eigenvalue weighted by atomic mass is 9.96. The van der Waals surface area contributed by atoms with Gasteiger partial charge in [0.2, 0.25) is 0 Å². The van der Waals surface area contributed by atoms with E-state index in [2.05, 4.69) is 18.0 Å². The summed E-state index contributed by atoms with van der Waals surface area (Å²) in [7, 11) is 2.22. The molecule has 1 saturated heterocycles. The van der Waals surface area contributed by atoms with Gasteiger partial charge in [-0.15, -0.1) is 17.0 Å². The third kappa shape index (κ3) is 1.76. The molecule has 3 heteroatoms. The summed E-state index contributed by atoms with van der Waals surface area (Å²) in [5.74, 6) is 1.10. The molecule has 88 valence electrons. The lowest BCUT2D eigenvalue weighted by Gasteiger charge is -2.24. The van der Waals surface area contributed by atoms with E-state index < -0.39 is 0 Å². The summed E-state index contributed by atoms with van der Waals surface area (Å²) in [6.45, 7) is 1.21. The van der Waals surface area contributed by atoms with Gasteiger partial charge in [-0.25, -0.2) is 0 Å². The fourth-order valence-corrected chi connectivity index (χ4v) is 3.18. The molecule has 1 N–H and O–H groups in total. The zero-order valence-corrected chi connectivity index (χ0v) is 11.2. The number of hydrogen-bond donors (Lipinski definition) is 1. The maximum Gasteiger partial charge on any atom is 0.115 e. The molecule has 16 heavy (non-hydrogen) atoms. The molecule has 1 aliphatic carbocycles. The van der Waals surface area contributed by atoms with Crippen LogP contribution < -0.4 is 0 Å². The number of phenolic OH excluding ortho intramolecular Hbond substituents is 1. The Morgan fingerprint density at radius 1 is 1.31 bits per heavy atom. The second-order valence-electron chi connectivity index (χ2n) is 4.88. The van der Waals surface area contributed by atoms with Crippen molar-refractivity contribution in [1.29, 1.82) is 0 Å². The number of hydrogen-bond acceptors (Lipinski definition) is 2. The summed E-state index contributed by atoms with van der Waals surface area (Å²) in [5, 5.41) is 9.54. The van der Waals surface area contributed by atoms with Gasteiger partial charge in [-0.3, -0.25) is 4.90 Å². The van der Waals surface area contributed by atoms with Crippen molar-refractivity contribution in [3.63, 3.8) is 0 Å². The summed E-state index contributed by atoms with van der Waals surface area (Å²) in [5.41, 5.74) is 2.84. The molecule has 2 bridgehead atoms. The van der Waals surface area contributed by atoms with Crippen LogP contribution in [0.25, 0.3) is 0 Å². The molecule has 2 unspecified atom stereocenters. The van der Waals surface area contributed by atoms with Crippen LogP contribution in [0, 0.1) is 0 Å². The topological polar surface area (TPSA) is 23.5 Å². The number of aromatic hydroxyl groups is 1. The number of rotatable bonds is 0. The highest BCUT2D eigenvalue weighted by Crippen LogP contribution is 2.48. The molecule has 0 spiro atoms. The molecule has 3 rings (SSSR count). The van der Waals surface area contributed by atoms with Gasteiger partial charge in [0.25, 0.3) is 0 Å². The quantitative estimate of drug-likeness (QED) is 0.790. The number of nitrogens with zero attached hydrogens (tertiary/aromatic N) is 1. The number of benzene rings is 1. The lowest BCUT2D eigenvalue weighted by Crippen LogP contribution is -2.22. The van der Waals surface area contributed by atoms with E-state index >= 15 is 0 Å². The fraction of sp³-hybridized carbons (Fsp3) is 0.538. The van der Waals surface area contributed by atoms with Gasteiger partial charge in [-0.05, 0) is 62.0 Å². The summed E-state index contributed by atoms with van der Waals surface area (Å²) >= 11 is 0. The van der Waals surface area contributed by atoms with E-state index in [4.69, 9.17) is 0 Å². The molecule has 2 nitrogen and oxygen atoms in total. The maximum absolute atomic E-state index is 9.54. The smallest absolute Gasteiger partial charge is 0.115 e. The molecule has 0 aromatic heterocycles. The van der Waals surface area contributed by atoms with Gasteiger partial charge in [0.15, 0.2) is 0 Å². The summed E-state index contributed by atoms with van der Waals surface area (Å²) in [6, 6.07) is 6.49. The Hall–Kier alpha value is -0.540. The van der Waals surface area contributed by atoms with Gasteiger partial charge in [0.05, 0.1) is 0 Å². The first-order chi connectivity index (χ1) is 7.25. The minimum atomic E-state index is 0. The van der Waals surface area contributed by atoms with Crippen molar-refractivity contribution in [3.8, 4) is 5.75 Å². The normalized spacial score (nSPS) is 28.1. The van der Waals surface area contributed by atoms with Gasteiger partial charge in [-0.1, -0.05) is 6.07 Å². The first-order valence-corrected chi connectivity index (χ1v) is 5.79. The molecule has 1 fully saturated rings. The first kappa shape index (κ1) is 11.9. The molecule has 1 heterocycles. The van der Waals surface area contributed by atoms with Crippen LogP contribution in [0.1, 0.15) is 42.3 Å². The van der Waals surface area contributed by atoms with E-state index in [0.717, 1.165) is 0 Å². The van der Waals surface area contributed by atoms with Crippen molar-refractivity contribution < 1.29 is 5.11 Å². The van der Waals surface area contributed by atoms with Crippen LogP contribution in [0.2, 0.25) is 0 Å². The Balaban J connectivity index is 0.000000963. The second kappa shape index (κ2) is 4.38. The van der Waals surface area contributed by atoms with E-state index in [9.17, 15) is 5.11 Å². The van der Waals surface area contributed by atoms with Crippen molar-refractivity contribution in [2.24, 2.45) is 0 Å². The highest BCUT2D eigenvalue weighted by molar-refractivity contribution is 8.93. The minimum absolute atomic E-state index is 0. The maximum atomic E-state index is 9.54. The first-order valence-electron chi connectivity index (χ1n) is 5.79. The van der Waals surface area contributed by atoms with Crippen LogP contribution in [0.15, 0.2) is 18.2 Å². The second-order valence-corrected chi connectivity index (χ2v) is 4.88. The van der Waals surface area contributed by atoms with E-state index in [1.807, 2.05) is 12.1 Å². The molecule has 2 aliphatic rings. The predicted molar refractivity (Wildman–Crippen MR) is 70.4 cm³/mol. The van der Waals surface area contributed by atoms with Crippen LogP contribution in [0.3, 0.4) is 0 Å². The van der Waals surface area contributed by atoms with Gasteiger partial charge in [0.1, 0.15) is 5.75 Å². The minimum Gasteiger partial charge on any atom is -0.508 e. The van der Waals surface area contributed by atoms with Crippen LogP contribution in [-0.2, 0) is 0 Å². The molecule has 0 amide bonds. The van der Waals surface area contributed by atoms with Crippen molar-refractivity contribution in [1.82, 2.24) is 4.90 Å². The van der Waals surface area contributed by atoms with Crippen molar-refractivity contribution >= 4 is 17.0 Å². The van der Waals surface area contributed by atoms with Gasteiger partial charge in [-0.2, -0.15) is 0 Å². The summed E-state index contributed by atoms with van der Waals surface area (Å²) < 4.78 is 0. The average molecular weight is 284 g/mol. The Labute approximate surface area is 107 Å². The van der Waals surface area contributed by atoms with E-state index in [1.165, 1.54) is 36.9 Å². The molecular formula is C13H18BrNO. The van der Waals surface area contributed by atoms with Crippen LogP contribution in [0.4, 0.5) is 0 Å². The molecular weight excluding hydrogens is 266 g/mol. The number of phenols is 1. The van der Waals surface area contributed by atoms with Crippen LogP contribution in [0.5, 0.6) is 5.75 Å². The molecule has 0 saturated carbocycles. The molecule has 0 radical (unpaired) electrons. The Bertz CT molecular complexity index is 394. The molecule has 1 aliphatic heterocycles. The molecule has 1 aromatic rings. The van der Waals surface area contributed by atoms with Crippen LogP contribution >= 0.6 is 17.0 Å². The predicted octanol–water partition coefficient (Wildman–Crippen LogP) is 3.22. The third-order valence-electron chi connectivity index (χ3n) is 3.97. The Morgan fingerprint density at radius 3 is 2.94 bits per heavy atom. The van der Waals surface area contributed by atoms with Crippen molar-refractivity contribution in [2.45, 2.75) is 31.2 Å². The zero-order valence-electron chi connectivity index (χ0n) is 9.52. The van der Waals surface area contributed by atoms with Gasteiger partial charge < -0.3 is 5.11 Å². The average Bonchev–Trinajstić information content (AvgIpc) is 2.44. The summed E-state index contributed by atoms with van der Waals surface area (Å²) in [4.78, 5) is 2.46. The van der Waals surface area contributed by atoms with E-state index in [1.54, 1.807) is 0 Å². The Morgan fingerprint density at radius 2 is 2.12 bits per heavy atom. The van der Waals surface area contributed by atoms with Gasteiger partial charge >= 0.3 is 0 Å². The van der Waals surface area contributed by atoms with Gasteiger partial charge in [0, 0.05) is 6.04 Å². The monoisotopic (exact) mass is 283 g/mol. The van der Waals surface area contributed by atoms with Crippen LogP contribution in [-0.4, -0.2) is 23.6 Å². The standard InChI is InChI=1S/C13H17NO.BrH/c1-14-6-2-3-9-7-13(14)11-5-4-10(15)8-12(9)11;/h4-5,8-9,13,15H,2-3,6-7H2,1H3;1H. The van der Waals surface area contributed by atoms with Crippen molar-refractivity contribution in [2.75, 3.05) is 13.6 Å². The third-order valence-corrected chi connectivity index (χ3v) is 3.97. The Kier molecular flexibility index (Phi) is 3.27. The zero-order chi connectivity index (χ0) is 10.4.